The van der Waals surface area contributed by atoms with Gasteiger partial charge < -0.3 is 0 Å². The topological polar surface area (TPSA) is 113 Å². The molecule has 0 aliphatic carbocycles. The molecule has 168 valence electrons. The zero-order valence-corrected chi connectivity index (χ0v) is 18.3. The Morgan fingerprint density at radius 2 is 1.81 bits per heavy atom. The molecule has 0 radical (unpaired) electrons. The number of hydrogen-bond donors (Lipinski definition) is 1. The molecule has 0 atom stereocenters. The fraction of sp³-hybridized carbons (Fsp3) is 0.286. The Kier molecular flexibility index (Phi) is 5.55. The summed E-state index contributed by atoms with van der Waals surface area (Å²) in [6, 6.07) is 4.84. The molecule has 0 amide bonds. The SMILES string of the molecule is CCCCn1c(=O)n(Cc2c(F)cc(S(N)(=O)=O)cc2F)c2c3ccc(C)nc3ncc21. The van der Waals surface area contributed by atoms with E-state index in [4.69, 9.17) is 5.14 Å². The van der Waals surface area contributed by atoms with Crippen LogP contribution in [0.4, 0.5) is 8.78 Å². The van der Waals surface area contributed by atoms with Crippen molar-refractivity contribution in [3.8, 4) is 0 Å². The maximum absolute atomic E-state index is 14.7. The number of fused-ring (bicyclic) bond motifs is 3. The van der Waals surface area contributed by atoms with Crippen molar-refractivity contribution in [1.29, 1.82) is 0 Å². The summed E-state index contributed by atoms with van der Waals surface area (Å²) in [6.07, 6.45) is 3.11. The first-order valence-electron chi connectivity index (χ1n) is 9.98. The highest BCUT2D eigenvalue weighted by Gasteiger charge is 2.22. The van der Waals surface area contributed by atoms with Crippen molar-refractivity contribution in [1.82, 2.24) is 19.1 Å². The monoisotopic (exact) mass is 461 g/mol. The summed E-state index contributed by atoms with van der Waals surface area (Å²) < 4.78 is 55.2. The molecule has 2 N–H and O–H groups in total. The molecule has 0 bridgehead atoms. The molecule has 0 saturated heterocycles. The molecule has 8 nitrogen and oxygen atoms in total. The highest BCUT2D eigenvalue weighted by atomic mass is 32.2. The Hall–Kier alpha value is -3.18. The van der Waals surface area contributed by atoms with Gasteiger partial charge in [-0.05, 0) is 37.6 Å². The minimum absolute atomic E-state index is 0.407. The summed E-state index contributed by atoms with van der Waals surface area (Å²) in [7, 11) is -4.29. The third kappa shape index (κ3) is 3.78. The average molecular weight is 461 g/mol. The van der Waals surface area contributed by atoms with Crippen LogP contribution in [-0.2, 0) is 23.1 Å². The van der Waals surface area contributed by atoms with E-state index in [2.05, 4.69) is 9.97 Å². The maximum Gasteiger partial charge on any atom is 0.329 e. The van der Waals surface area contributed by atoms with Gasteiger partial charge in [-0.15, -0.1) is 0 Å². The van der Waals surface area contributed by atoms with Crippen molar-refractivity contribution in [3.63, 3.8) is 0 Å². The van der Waals surface area contributed by atoms with Crippen LogP contribution in [0.5, 0.6) is 0 Å². The number of rotatable bonds is 6. The molecule has 3 aromatic heterocycles. The molecule has 4 rings (SSSR count). The standard InChI is InChI=1S/C21H21F2N5O3S/c1-3-4-7-27-18-10-25-20-14(6-5-12(2)26-20)19(18)28(21(27)29)11-15-16(22)8-13(9-17(15)23)32(24,30)31/h5-6,8-10H,3-4,7,11H2,1-2H3,(H2,24,30,31). The number of nitrogens with two attached hydrogens (primary N) is 1. The minimum atomic E-state index is -4.29. The van der Waals surface area contributed by atoms with Crippen LogP contribution in [0.3, 0.4) is 0 Å². The second kappa shape index (κ2) is 8.06. The molecule has 0 spiro atoms. The van der Waals surface area contributed by atoms with Gasteiger partial charge in [-0.3, -0.25) is 9.13 Å². The zero-order chi connectivity index (χ0) is 23.2. The lowest BCUT2D eigenvalue weighted by molar-refractivity contribution is 0.530. The molecule has 0 unspecified atom stereocenters. The highest BCUT2D eigenvalue weighted by molar-refractivity contribution is 7.89. The lowest BCUT2D eigenvalue weighted by Gasteiger charge is -2.09. The quantitative estimate of drug-likeness (QED) is 0.474. The summed E-state index contributed by atoms with van der Waals surface area (Å²) in [6.45, 7) is 3.77. The molecule has 32 heavy (non-hydrogen) atoms. The Balaban J connectivity index is 1.98. The van der Waals surface area contributed by atoms with E-state index in [9.17, 15) is 22.0 Å². The molecular weight excluding hydrogens is 440 g/mol. The van der Waals surface area contributed by atoms with Crippen molar-refractivity contribution < 1.29 is 17.2 Å². The van der Waals surface area contributed by atoms with Gasteiger partial charge >= 0.3 is 5.69 Å². The van der Waals surface area contributed by atoms with Crippen molar-refractivity contribution in [2.24, 2.45) is 5.14 Å². The number of aryl methyl sites for hydroxylation is 2. The van der Waals surface area contributed by atoms with Gasteiger partial charge in [-0.1, -0.05) is 13.3 Å². The van der Waals surface area contributed by atoms with Crippen molar-refractivity contribution >= 4 is 32.1 Å². The third-order valence-electron chi connectivity index (χ3n) is 5.34. The zero-order valence-electron chi connectivity index (χ0n) is 17.5. The number of aromatic nitrogens is 4. The van der Waals surface area contributed by atoms with E-state index in [1.54, 1.807) is 12.1 Å². The molecule has 0 aliphatic rings. The van der Waals surface area contributed by atoms with E-state index in [0.29, 0.717) is 40.7 Å². The van der Waals surface area contributed by atoms with Crippen molar-refractivity contribution in [2.45, 2.75) is 44.7 Å². The van der Waals surface area contributed by atoms with Crippen LogP contribution >= 0.6 is 0 Å². The van der Waals surface area contributed by atoms with E-state index in [0.717, 1.165) is 18.5 Å². The first kappa shape index (κ1) is 22.0. The van der Waals surface area contributed by atoms with Gasteiger partial charge in [0.2, 0.25) is 10.0 Å². The van der Waals surface area contributed by atoms with E-state index >= 15 is 0 Å². The van der Waals surface area contributed by atoms with E-state index in [1.807, 2.05) is 13.8 Å². The van der Waals surface area contributed by atoms with Crippen LogP contribution in [0.2, 0.25) is 0 Å². The second-order valence-corrected chi connectivity index (χ2v) is 9.16. The molecule has 0 saturated carbocycles. The number of imidazole rings is 1. The second-order valence-electron chi connectivity index (χ2n) is 7.60. The largest absolute Gasteiger partial charge is 0.329 e. The normalized spacial score (nSPS) is 12.2. The predicted molar refractivity (Wildman–Crippen MR) is 116 cm³/mol. The molecule has 11 heteroatoms. The Bertz CT molecular complexity index is 1500. The van der Waals surface area contributed by atoms with E-state index in [-0.39, 0.29) is 0 Å². The van der Waals surface area contributed by atoms with Gasteiger partial charge in [0.05, 0.1) is 28.7 Å². The Morgan fingerprint density at radius 3 is 2.44 bits per heavy atom. The number of unbranched alkanes of at least 4 members (excludes halogenated alkanes) is 1. The summed E-state index contributed by atoms with van der Waals surface area (Å²) in [4.78, 5) is 21.3. The number of sulfonamides is 1. The lowest BCUT2D eigenvalue weighted by atomic mass is 10.2. The van der Waals surface area contributed by atoms with Gasteiger partial charge in [-0.25, -0.2) is 37.1 Å². The van der Waals surface area contributed by atoms with E-state index < -0.39 is 44.4 Å². The fourth-order valence-electron chi connectivity index (χ4n) is 3.71. The number of pyridine rings is 2. The first-order valence-corrected chi connectivity index (χ1v) is 11.5. The predicted octanol–water partition coefficient (Wildman–Crippen LogP) is 2.83. The van der Waals surface area contributed by atoms with Gasteiger partial charge in [0.1, 0.15) is 11.6 Å². The minimum Gasteiger partial charge on any atom is -0.290 e. The number of hydrogen-bond acceptors (Lipinski definition) is 5. The average Bonchev–Trinajstić information content (AvgIpc) is 2.99. The summed E-state index contributed by atoms with van der Waals surface area (Å²) in [5, 5.41) is 5.56. The fourth-order valence-corrected chi connectivity index (χ4v) is 4.24. The van der Waals surface area contributed by atoms with Crippen LogP contribution in [-0.4, -0.2) is 27.5 Å². The number of primary sulfonamides is 1. The Morgan fingerprint density at radius 1 is 1.12 bits per heavy atom. The van der Waals surface area contributed by atoms with Gasteiger partial charge in [0.15, 0.2) is 5.65 Å². The molecule has 0 fully saturated rings. The van der Waals surface area contributed by atoms with Crippen molar-refractivity contribution in [3.05, 3.63) is 63.8 Å². The van der Waals surface area contributed by atoms with Crippen molar-refractivity contribution in [2.75, 3.05) is 0 Å². The molecule has 4 aromatic rings. The molecule has 0 aliphatic heterocycles. The summed E-state index contributed by atoms with van der Waals surface area (Å²) in [5.74, 6) is -2.22. The van der Waals surface area contributed by atoms with Gasteiger partial charge in [-0.2, -0.15) is 0 Å². The van der Waals surface area contributed by atoms with Crippen LogP contribution in [0.15, 0.2) is 40.2 Å². The molecular formula is C21H21F2N5O3S. The van der Waals surface area contributed by atoms with Crippen LogP contribution in [0.25, 0.3) is 22.1 Å². The summed E-state index contributed by atoms with van der Waals surface area (Å²) >= 11 is 0. The first-order chi connectivity index (χ1) is 15.1. The van der Waals surface area contributed by atoms with Crippen LogP contribution in [0.1, 0.15) is 31.0 Å². The van der Waals surface area contributed by atoms with Crippen LogP contribution < -0.4 is 10.8 Å². The smallest absolute Gasteiger partial charge is 0.290 e. The number of benzene rings is 1. The molecule has 1 aromatic carbocycles. The third-order valence-corrected chi connectivity index (χ3v) is 6.23. The summed E-state index contributed by atoms with van der Waals surface area (Å²) in [5.41, 5.74) is 1.24. The number of nitrogens with zero attached hydrogens (tertiary/aromatic N) is 4. The Labute approximate surface area is 182 Å². The number of halogens is 2. The lowest BCUT2D eigenvalue weighted by Crippen LogP contribution is -2.25. The van der Waals surface area contributed by atoms with Gasteiger partial charge in [0.25, 0.3) is 0 Å². The van der Waals surface area contributed by atoms with Gasteiger partial charge in [0, 0.05) is 23.2 Å². The maximum atomic E-state index is 14.7. The highest BCUT2D eigenvalue weighted by Crippen LogP contribution is 2.25. The molecule has 3 heterocycles. The van der Waals surface area contributed by atoms with E-state index in [1.165, 1.54) is 15.3 Å². The van der Waals surface area contributed by atoms with Crippen LogP contribution in [0, 0.1) is 18.6 Å².